The quantitative estimate of drug-likeness (QED) is 0.632. The van der Waals surface area contributed by atoms with Gasteiger partial charge in [-0.1, -0.05) is 0 Å². The molecule has 0 fully saturated rings. The molecule has 0 radical (unpaired) electrons. The lowest BCUT2D eigenvalue weighted by Crippen LogP contribution is -1.95. The van der Waals surface area contributed by atoms with Crippen molar-refractivity contribution in [2.24, 2.45) is 0 Å². The fraction of sp³-hybridized carbons (Fsp3) is 0.111. The Kier molecular flexibility index (Phi) is 2.44. The molecule has 3 heteroatoms. The largest absolute Gasteiger partial charge is 0.397 e. The van der Waals surface area contributed by atoms with Crippen molar-refractivity contribution in [2.75, 3.05) is 5.73 Å². The lowest BCUT2D eigenvalue weighted by Gasteiger charge is -2.00. The minimum Gasteiger partial charge on any atom is -0.397 e. The molecule has 60 valence electrons. The number of allylic oxidation sites excluding steroid dienone is 1. The SMILES string of the molecule is Cc1ccnc(C=CC#N)c1N. The highest BCUT2D eigenvalue weighted by molar-refractivity contribution is 5.64. The van der Waals surface area contributed by atoms with Gasteiger partial charge in [-0.2, -0.15) is 5.26 Å². The molecule has 3 nitrogen and oxygen atoms in total. The smallest absolute Gasteiger partial charge is 0.0912 e. The standard InChI is InChI=1S/C9H9N3/c1-7-4-6-12-8(9(7)11)3-2-5-10/h2-4,6H,11H2,1H3. The van der Waals surface area contributed by atoms with E-state index in [4.69, 9.17) is 11.0 Å². The van der Waals surface area contributed by atoms with E-state index in [0.717, 1.165) is 5.56 Å². The molecule has 0 aromatic carbocycles. The Labute approximate surface area is 71.2 Å². The summed E-state index contributed by atoms with van der Waals surface area (Å²) in [5.74, 6) is 0. The molecule has 0 spiro atoms. The van der Waals surface area contributed by atoms with Crippen LogP contribution in [0, 0.1) is 18.3 Å². The van der Waals surface area contributed by atoms with Gasteiger partial charge in [0.05, 0.1) is 17.5 Å². The molecule has 0 unspecified atom stereocenters. The van der Waals surface area contributed by atoms with Gasteiger partial charge in [-0.25, -0.2) is 0 Å². The molecule has 1 aromatic heterocycles. The number of nitriles is 1. The van der Waals surface area contributed by atoms with E-state index in [1.165, 1.54) is 6.08 Å². The van der Waals surface area contributed by atoms with Crippen LogP contribution in [-0.2, 0) is 0 Å². The lowest BCUT2D eigenvalue weighted by atomic mass is 10.2. The van der Waals surface area contributed by atoms with Gasteiger partial charge in [0, 0.05) is 12.3 Å². The van der Waals surface area contributed by atoms with Gasteiger partial charge < -0.3 is 5.73 Å². The maximum atomic E-state index is 8.28. The summed E-state index contributed by atoms with van der Waals surface area (Å²) in [6, 6.07) is 3.72. The maximum absolute atomic E-state index is 8.28. The molecule has 1 aromatic rings. The predicted molar refractivity (Wildman–Crippen MR) is 48.0 cm³/mol. The highest BCUT2D eigenvalue weighted by Crippen LogP contribution is 2.14. The number of rotatable bonds is 1. The minimum absolute atomic E-state index is 0.629. The fourth-order valence-corrected chi connectivity index (χ4v) is 0.840. The number of aryl methyl sites for hydroxylation is 1. The van der Waals surface area contributed by atoms with Crippen LogP contribution >= 0.6 is 0 Å². The number of hydrogen-bond acceptors (Lipinski definition) is 3. The zero-order valence-corrected chi connectivity index (χ0v) is 6.78. The summed E-state index contributed by atoms with van der Waals surface area (Å²) >= 11 is 0. The van der Waals surface area contributed by atoms with Crippen LogP contribution < -0.4 is 5.73 Å². The van der Waals surface area contributed by atoms with Gasteiger partial charge in [0.25, 0.3) is 0 Å². The van der Waals surface area contributed by atoms with Crippen LogP contribution in [0.15, 0.2) is 18.3 Å². The first-order chi connectivity index (χ1) is 5.75. The number of anilines is 1. The van der Waals surface area contributed by atoms with Gasteiger partial charge >= 0.3 is 0 Å². The molecule has 0 atom stereocenters. The van der Waals surface area contributed by atoms with Crippen LogP contribution in [0.2, 0.25) is 0 Å². The Hall–Kier alpha value is -1.82. The number of nitrogen functional groups attached to an aromatic ring is 1. The molecule has 12 heavy (non-hydrogen) atoms. The summed E-state index contributed by atoms with van der Waals surface area (Å²) in [4.78, 5) is 4.01. The molecule has 0 aliphatic carbocycles. The third kappa shape index (κ3) is 1.61. The Morgan fingerprint density at radius 2 is 2.42 bits per heavy atom. The summed E-state index contributed by atoms with van der Waals surface area (Å²) in [6.45, 7) is 1.90. The third-order valence-electron chi connectivity index (χ3n) is 1.55. The number of pyridine rings is 1. The van der Waals surface area contributed by atoms with Crippen LogP contribution in [0.1, 0.15) is 11.3 Å². The molecular weight excluding hydrogens is 150 g/mol. The predicted octanol–water partition coefficient (Wildman–Crippen LogP) is 1.51. The third-order valence-corrected chi connectivity index (χ3v) is 1.55. The topological polar surface area (TPSA) is 62.7 Å². The van der Waals surface area contributed by atoms with Crippen molar-refractivity contribution in [3.8, 4) is 6.07 Å². The Bertz CT molecular complexity index is 347. The number of nitrogens with zero attached hydrogens (tertiary/aromatic N) is 2. The first kappa shape index (κ1) is 8.28. The van der Waals surface area contributed by atoms with Gasteiger partial charge in [-0.15, -0.1) is 0 Å². The summed E-state index contributed by atoms with van der Waals surface area (Å²) in [5.41, 5.74) is 7.95. The Morgan fingerprint density at radius 1 is 1.67 bits per heavy atom. The van der Waals surface area contributed by atoms with E-state index < -0.39 is 0 Å². The second-order valence-electron chi connectivity index (χ2n) is 2.39. The number of aromatic nitrogens is 1. The Morgan fingerprint density at radius 3 is 3.08 bits per heavy atom. The molecule has 2 N–H and O–H groups in total. The van der Waals surface area contributed by atoms with Gasteiger partial charge in [0.15, 0.2) is 0 Å². The van der Waals surface area contributed by atoms with E-state index in [1.54, 1.807) is 12.3 Å². The zero-order chi connectivity index (χ0) is 8.97. The molecule has 0 saturated heterocycles. The monoisotopic (exact) mass is 159 g/mol. The van der Waals surface area contributed by atoms with E-state index in [0.29, 0.717) is 11.4 Å². The highest BCUT2D eigenvalue weighted by atomic mass is 14.7. The maximum Gasteiger partial charge on any atom is 0.0912 e. The van der Waals surface area contributed by atoms with Gasteiger partial charge in [-0.3, -0.25) is 4.98 Å². The summed E-state index contributed by atoms with van der Waals surface area (Å²) in [7, 11) is 0. The van der Waals surface area contributed by atoms with Crippen molar-refractivity contribution in [3.63, 3.8) is 0 Å². The molecule has 0 bridgehead atoms. The van der Waals surface area contributed by atoms with Crippen LogP contribution in [0.4, 0.5) is 5.69 Å². The van der Waals surface area contributed by atoms with Crippen LogP contribution in [0.25, 0.3) is 6.08 Å². The molecule has 1 heterocycles. The summed E-state index contributed by atoms with van der Waals surface area (Å²) in [5, 5.41) is 8.28. The molecule has 0 aliphatic rings. The normalized spacial score (nSPS) is 10.0. The molecule has 1 rings (SSSR count). The van der Waals surface area contributed by atoms with E-state index in [9.17, 15) is 0 Å². The lowest BCUT2D eigenvalue weighted by molar-refractivity contribution is 1.26. The second-order valence-corrected chi connectivity index (χ2v) is 2.39. The molecule has 0 saturated carbocycles. The highest BCUT2D eigenvalue weighted by Gasteiger charge is 1.97. The van der Waals surface area contributed by atoms with Gasteiger partial charge in [0.1, 0.15) is 0 Å². The first-order valence-electron chi connectivity index (χ1n) is 3.53. The van der Waals surface area contributed by atoms with E-state index in [-0.39, 0.29) is 0 Å². The van der Waals surface area contributed by atoms with Crippen molar-refractivity contribution in [1.29, 1.82) is 5.26 Å². The van der Waals surface area contributed by atoms with Crippen molar-refractivity contribution in [1.82, 2.24) is 4.98 Å². The van der Waals surface area contributed by atoms with Gasteiger partial charge in [0.2, 0.25) is 0 Å². The summed E-state index contributed by atoms with van der Waals surface area (Å²) < 4.78 is 0. The first-order valence-corrected chi connectivity index (χ1v) is 3.53. The van der Waals surface area contributed by atoms with Crippen molar-refractivity contribution in [3.05, 3.63) is 29.6 Å². The van der Waals surface area contributed by atoms with Crippen LogP contribution in [0.5, 0.6) is 0 Å². The molecule has 0 amide bonds. The van der Waals surface area contributed by atoms with E-state index in [2.05, 4.69) is 4.98 Å². The fourth-order valence-electron chi connectivity index (χ4n) is 0.840. The van der Waals surface area contributed by atoms with Crippen LogP contribution in [0.3, 0.4) is 0 Å². The summed E-state index contributed by atoms with van der Waals surface area (Å²) in [6.07, 6.45) is 4.63. The molecule has 0 aliphatic heterocycles. The zero-order valence-electron chi connectivity index (χ0n) is 6.78. The minimum atomic E-state index is 0.629. The van der Waals surface area contributed by atoms with Crippen LogP contribution in [-0.4, -0.2) is 4.98 Å². The van der Waals surface area contributed by atoms with E-state index >= 15 is 0 Å². The van der Waals surface area contributed by atoms with E-state index in [1.807, 2.05) is 19.1 Å². The average Bonchev–Trinajstić information content (AvgIpc) is 2.08. The number of nitrogens with two attached hydrogens (primary N) is 1. The second kappa shape index (κ2) is 3.54. The molecular formula is C9H9N3. The van der Waals surface area contributed by atoms with Crippen molar-refractivity contribution in [2.45, 2.75) is 6.92 Å². The average molecular weight is 159 g/mol. The van der Waals surface area contributed by atoms with Crippen molar-refractivity contribution < 1.29 is 0 Å². The number of hydrogen-bond donors (Lipinski definition) is 1. The van der Waals surface area contributed by atoms with Crippen molar-refractivity contribution >= 4 is 11.8 Å². The van der Waals surface area contributed by atoms with Gasteiger partial charge in [-0.05, 0) is 24.6 Å². The Balaban J connectivity index is 3.10.